The van der Waals surface area contributed by atoms with Gasteiger partial charge in [0.2, 0.25) is 0 Å². The van der Waals surface area contributed by atoms with Gasteiger partial charge in [-0.2, -0.15) is 0 Å². The molecule has 2 aromatic rings. The van der Waals surface area contributed by atoms with Crippen molar-refractivity contribution in [2.45, 2.75) is 30.9 Å². The standard InChI is InChI=1S/C22H25N3O6/c1-28-16-9-7-15(8-10-16)24-22(27)31-18-13-30-19-17(12-29-20(18)19)25-21(26)23-11-14-5-3-2-4-6-14/h2-10,17-20H,11-13H2,1H3,(H,24,27)(H2,23,25,26). The molecule has 2 aliphatic rings. The average molecular weight is 427 g/mol. The van der Waals surface area contributed by atoms with Crippen molar-refractivity contribution < 1.29 is 28.5 Å². The highest BCUT2D eigenvalue weighted by Gasteiger charge is 2.50. The SMILES string of the molecule is COc1ccc(NC(=O)OC2COC3C(NC(=O)NCc4ccccc4)COC23)cc1. The Morgan fingerprint density at radius 3 is 2.48 bits per heavy atom. The molecule has 0 aromatic heterocycles. The van der Waals surface area contributed by atoms with E-state index in [9.17, 15) is 9.59 Å². The molecule has 3 amide bonds. The number of ether oxygens (including phenoxy) is 4. The summed E-state index contributed by atoms with van der Waals surface area (Å²) in [6.07, 6.45) is -1.95. The Morgan fingerprint density at radius 1 is 1.00 bits per heavy atom. The van der Waals surface area contributed by atoms with Gasteiger partial charge in [-0.25, -0.2) is 9.59 Å². The van der Waals surface area contributed by atoms with Gasteiger partial charge in [-0.05, 0) is 29.8 Å². The summed E-state index contributed by atoms with van der Waals surface area (Å²) in [4.78, 5) is 24.5. The van der Waals surface area contributed by atoms with Crippen LogP contribution in [0, 0.1) is 0 Å². The van der Waals surface area contributed by atoms with E-state index in [1.54, 1.807) is 31.4 Å². The van der Waals surface area contributed by atoms with Gasteiger partial charge in [-0.15, -0.1) is 0 Å². The predicted octanol–water partition coefficient (Wildman–Crippen LogP) is 2.28. The first kappa shape index (κ1) is 21.0. The van der Waals surface area contributed by atoms with Crippen molar-refractivity contribution in [3.63, 3.8) is 0 Å². The third kappa shape index (κ3) is 5.25. The van der Waals surface area contributed by atoms with Crippen molar-refractivity contribution in [3.8, 4) is 5.75 Å². The van der Waals surface area contributed by atoms with E-state index in [4.69, 9.17) is 18.9 Å². The lowest BCUT2D eigenvalue weighted by molar-refractivity contribution is 0.00872. The summed E-state index contributed by atoms with van der Waals surface area (Å²) < 4.78 is 22.1. The van der Waals surface area contributed by atoms with Gasteiger partial charge in [0.1, 0.15) is 18.0 Å². The van der Waals surface area contributed by atoms with Gasteiger partial charge in [-0.1, -0.05) is 30.3 Å². The highest BCUT2D eigenvalue weighted by molar-refractivity contribution is 5.84. The Kier molecular flexibility index (Phi) is 6.54. The largest absolute Gasteiger partial charge is 0.497 e. The molecule has 4 rings (SSSR count). The van der Waals surface area contributed by atoms with E-state index in [-0.39, 0.29) is 31.4 Å². The number of fused-ring (bicyclic) bond motifs is 1. The molecule has 0 saturated carbocycles. The van der Waals surface area contributed by atoms with Crippen molar-refractivity contribution >= 4 is 17.8 Å². The molecule has 2 fully saturated rings. The van der Waals surface area contributed by atoms with E-state index < -0.39 is 18.3 Å². The Bertz CT molecular complexity index is 892. The van der Waals surface area contributed by atoms with Gasteiger partial charge in [0.05, 0.1) is 26.4 Å². The highest BCUT2D eigenvalue weighted by atomic mass is 16.6. The molecule has 0 bridgehead atoms. The van der Waals surface area contributed by atoms with Gasteiger partial charge in [0.25, 0.3) is 0 Å². The summed E-state index contributed by atoms with van der Waals surface area (Å²) in [7, 11) is 1.57. The molecule has 2 aliphatic heterocycles. The summed E-state index contributed by atoms with van der Waals surface area (Å²) in [5, 5.41) is 8.36. The molecule has 4 atom stereocenters. The Balaban J connectivity index is 1.23. The zero-order chi connectivity index (χ0) is 21.6. The normalized spacial score (nSPS) is 24.2. The molecule has 0 aliphatic carbocycles. The van der Waals surface area contributed by atoms with E-state index >= 15 is 0 Å². The quantitative estimate of drug-likeness (QED) is 0.653. The monoisotopic (exact) mass is 427 g/mol. The molecule has 9 nitrogen and oxygen atoms in total. The molecular weight excluding hydrogens is 402 g/mol. The molecule has 2 saturated heterocycles. The number of anilines is 1. The lowest BCUT2D eigenvalue weighted by Gasteiger charge is -2.18. The predicted molar refractivity (Wildman–Crippen MR) is 112 cm³/mol. The average Bonchev–Trinajstić information content (AvgIpc) is 3.37. The smallest absolute Gasteiger partial charge is 0.412 e. The van der Waals surface area contributed by atoms with Crippen LogP contribution in [0.15, 0.2) is 54.6 Å². The second-order valence-corrected chi connectivity index (χ2v) is 7.31. The number of carbonyl (C=O) groups excluding carboxylic acids is 2. The number of rotatable bonds is 6. The molecule has 4 unspecified atom stereocenters. The maximum Gasteiger partial charge on any atom is 0.412 e. The van der Waals surface area contributed by atoms with Crippen LogP contribution in [-0.4, -0.2) is 56.8 Å². The van der Waals surface area contributed by atoms with Crippen LogP contribution in [0.25, 0.3) is 0 Å². The number of nitrogens with one attached hydrogen (secondary N) is 3. The third-order valence-electron chi connectivity index (χ3n) is 5.22. The summed E-state index contributed by atoms with van der Waals surface area (Å²) in [5.74, 6) is 0.691. The first-order chi connectivity index (χ1) is 15.1. The van der Waals surface area contributed by atoms with Crippen LogP contribution in [0.4, 0.5) is 15.3 Å². The lowest BCUT2D eigenvalue weighted by atomic mass is 10.1. The molecule has 2 heterocycles. The summed E-state index contributed by atoms with van der Waals surface area (Å²) in [6.45, 7) is 0.912. The van der Waals surface area contributed by atoms with E-state index in [1.165, 1.54) is 0 Å². The van der Waals surface area contributed by atoms with Crippen LogP contribution in [0.5, 0.6) is 5.75 Å². The van der Waals surface area contributed by atoms with Gasteiger partial charge < -0.3 is 29.6 Å². The molecule has 164 valence electrons. The minimum absolute atomic E-state index is 0.204. The van der Waals surface area contributed by atoms with Crippen LogP contribution in [0.3, 0.4) is 0 Å². The Labute approximate surface area is 180 Å². The van der Waals surface area contributed by atoms with Crippen molar-refractivity contribution in [1.29, 1.82) is 0 Å². The second kappa shape index (κ2) is 9.67. The van der Waals surface area contributed by atoms with Crippen molar-refractivity contribution in [2.24, 2.45) is 0 Å². The number of urea groups is 1. The first-order valence-electron chi connectivity index (χ1n) is 10.1. The second-order valence-electron chi connectivity index (χ2n) is 7.31. The van der Waals surface area contributed by atoms with Gasteiger partial charge in [0, 0.05) is 12.2 Å². The van der Waals surface area contributed by atoms with E-state index in [2.05, 4.69) is 16.0 Å². The molecule has 31 heavy (non-hydrogen) atoms. The van der Waals surface area contributed by atoms with Crippen LogP contribution < -0.4 is 20.7 Å². The fourth-order valence-corrected chi connectivity index (χ4v) is 3.65. The molecule has 2 aromatic carbocycles. The van der Waals surface area contributed by atoms with Gasteiger partial charge in [-0.3, -0.25) is 5.32 Å². The molecule has 9 heteroatoms. The van der Waals surface area contributed by atoms with Crippen molar-refractivity contribution in [1.82, 2.24) is 10.6 Å². The fourth-order valence-electron chi connectivity index (χ4n) is 3.65. The van der Waals surface area contributed by atoms with Gasteiger partial charge >= 0.3 is 12.1 Å². The van der Waals surface area contributed by atoms with E-state index in [0.717, 1.165) is 5.56 Å². The van der Waals surface area contributed by atoms with Gasteiger partial charge in [0.15, 0.2) is 6.10 Å². The zero-order valence-electron chi connectivity index (χ0n) is 17.1. The molecular formula is C22H25N3O6. The topological polar surface area (TPSA) is 107 Å². The first-order valence-corrected chi connectivity index (χ1v) is 10.1. The van der Waals surface area contributed by atoms with E-state index in [0.29, 0.717) is 18.0 Å². The maximum absolute atomic E-state index is 12.2. The lowest BCUT2D eigenvalue weighted by Crippen LogP contribution is -2.48. The minimum atomic E-state index is -0.597. The Morgan fingerprint density at radius 2 is 1.74 bits per heavy atom. The van der Waals surface area contributed by atoms with Crippen LogP contribution >= 0.6 is 0 Å². The number of methoxy groups -OCH3 is 1. The van der Waals surface area contributed by atoms with Crippen LogP contribution in [0.2, 0.25) is 0 Å². The Hall–Kier alpha value is -3.30. The van der Waals surface area contributed by atoms with Crippen LogP contribution in [0.1, 0.15) is 5.56 Å². The maximum atomic E-state index is 12.2. The highest BCUT2D eigenvalue weighted by Crippen LogP contribution is 2.29. The summed E-state index contributed by atoms with van der Waals surface area (Å²) >= 11 is 0. The van der Waals surface area contributed by atoms with Crippen molar-refractivity contribution in [2.75, 3.05) is 25.6 Å². The number of benzene rings is 2. The fraction of sp³-hybridized carbons (Fsp3) is 0.364. The summed E-state index contributed by atoms with van der Waals surface area (Å²) in [6, 6.07) is 15.9. The number of amides is 3. The van der Waals surface area contributed by atoms with E-state index in [1.807, 2.05) is 30.3 Å². The molecule has 0 spiro atoms. The molecule has 3 N–H and O–H groups in total. The third-order valence-corrected chi connectivity index (χ3v) is 5.22. The molecule has 0 radical (unpaired) electrons. The number of hydrogen-bond donors (Lipinski definition) is 3. The zero-order valence-corrected chi connectivity index (χ0v) is 17.1. The number of carbonyl (C=O) groups is 2. The van der Waals surface area contributed by atoms with Crippen molar-refractivity contribution in [3.05, 3.63) is 60.2 Å². The number of hydrogen-bond acceptors (Lipinski definition) is 6. The minimum Gasteiger partial charge on any atom is -0.497 e. The van der Waals surface area contributed by atoms with Crippen LogP contribution in [-0.2, 0) is 20.8 Å². The summed E-state index contributed by atoms with van der Waals surface area (Å²) in [5.41, 5.74) is 1.59.